The third-order valence-electron chi connectivity index (χ3n) is 25.8. The minimum Gasteiger partial charge on any atom is -0.508 e. The van der Waals surface area contributed by atoms with E-state index in [0.717, 1.165) is 138 Å². The number of hydrogen-bond acceptors (Lipinski definition) is 10. The first-order chi connectivity index (χ1) is 36.2. The van der Waals surface area contributed by atoms with Crippen LogP contribution in [0.1, 0.15) is 192 Å². The van der Waals surface area contributed by atoms with E-state index in [2.05, 4.69) is 62.6 Å². The first kappa shape index (κ1) is 52.3. The number of hydrogen-bond donors (Lipinski definition) is 7. The number of rotatable bonds is 9. The zero-order valence-corrected chi connectivity index (χ0v) is 47.0. The summed E-state index contributed by atoms with van der Waals surface area (Å²) in [6, 6.07) is 14.4. The second-order valence-corrected chi connectivity index (χ2v) is 29.5. The maximum absolute atomic E-state index is 16.5. The van der Waals surface area contributed by atoms with Gasteiger partial charge in [0, 0.05) is 47.7 Å². The number of aliphatic hydroxyl groups excluding tert-OH is 2. The third-order valence-corrected chi connectivity index (χ3v) is 25.8. The average molecular weight is 1040 g/mol. The summed E-state index contributed by atoms with van der Waals surface area (Å²) in [6.45, 7) is 13.0. The van der Waals surface area contributed by atoms with Gasteiger partial charge in [-0.25, -0.2) is 0 Å². The van der Waals surface area contributed by atoms with Crippen LogP contribution in [0.3, 0.4) is 0 Å². The molecule has 2 aliphatic heterocycles. The number of nitrogen functional groups attached to an aromatic ring is 1. The lowest BCUT2D eigenvalue weighted by Crippen LogP contribution is -2.78. The van der Waals surface area contributed by atoms with Gasteiger partial charge in [0.1, 0.15) is 17.6 Å². The van der Waals surface area contributed by atoms with E-state index in [9.17, 15) is 20.4 Å². The Labute approximate surface area is 453 Å². The summed E-state index contributed by atoms with van der Waals surface area (Å²) >= 11 is 0. The van der Waals surface area contributed by atoms with Crippen molar-refractivity contribution in [1.82, 2.24) is 10.6 Å². The van der Waals surface area contributed by atoms with E-state index in [1.165, 1.54) is 11.1 Å². The number of phenolic OH excluding ortho intramolecular Hbond substituents is 1. The Morgan fingerprint density at radius 1 is 0.882 bits per heavy atom. The SMILES string of the molecule is CNCc1cc(O)cc(C23CCC45CC67C8CCC9CCC(CO)CC9C(CC(O)C9OC9(C)C9CCCC9c9cccc(N)c9)C9=C(CCC6C(C)(C2)C4C(C)(CCCCC(C)(O)CN5)C3=O)C7(C)C(CC8)C9=O)c1. The molecule has 10 heteroatoms. The lowest BCUT2D eigenvalue weighted by molar-refractivity contribution is -0.257. The van der Waals surface area contributed by atoms with E-state index in [4.69, 9.17) is 10.5 Å². The fraction of sp³-hybridized carbons (Fsp3) is 0.758. The lowest BCUT2D eigenvalue weighted by atomic mass is 9.27. The molecule has 0 amide bonds. The topological polar surface area (TPSA) is 178 Å². The van der Waals surface area contributed by atoms with Crippen molar-refractivity contribution in [3.63, 3.8) is 0 Å². The second-order valence-electron chi connectivity index (χ2n) is 29.5. The Hall–Kier alpha value is -3.12. The van der Waals surface area contributed by atoms with Crippen LogP contribution in [0, 0.1) is 74.9 Å². The number of carbonyl (C=O) groups is 2. The van der Waals surface area contributed by atoms with Crippen LogP contribution in [-0.2, 0) is 26.3 Å². The van der Waals surface area contributed by atoms with Crippen LogP contribution < -0.4 is 16.4 Å². The molecule has 2 saturated heterocycles. The summed E-state index contributed by atoms with van der Waals surface area (Å²) in [5.74, 6) is 2.68. The summed E-state index contributed by atoms with van der Waals surface area (Å²) in [6.07, 6.45) is 17.8. The molecule has 10 aliphatic carbocycles. The molecule has 0 aromatic heterocycles. The van der Waals surface area contributed by atoms with Crippen molar-refractivity contribution in [2.24, 2.45) is 74.9 Å². The highest BCUT2D eigenvalue weighted by Crippen LogP contribution is 2.84. The molecule has 12 aliphatic rings. The largest absolute Gasteiger partial charge is 0.508 e. The Balaban J connectivity index is 0.963. The smallest absolute Gasteiger partial charge is 0.163 e. The van der Waals surface area contributed by atoms with Gasteiger partial charge in [-0.05, 0) is 247 Å². The fourth-order valence-corrected chi connectivity index (χ4v) is 23.3. The highest BCUT2D eigenvalue weighted by molar-refractivity contribution is 6.03. The highest BCUT2D eigenvalue weighted by atomic mass is 16.6. The molecule has 2 aromatic carbocycles. The van der Waals surface area contributed by atoms with E-state index in [1.54, 1.807) is 0 Å². The van der Waals surface area contributed by atoms with Gasteiger partial charge in [-0.2, -0.15) is 0 Å². The van der Waals surface area contributed by atoms with Gasteiger partial charge in [-0.15, -0.1) is 0 Å². The third kappa shape index (κ3) is 7.22. The van der Waals surface area contributed by atoms with E-state index >= 15 is 9.59 Å². The van der Waals surface area contributed by atoms with E-state index in [1.807, 2.05) is 32.2 Å². The number of anilines is 1. The predicted octanol–water partition coefficient (Wildman–Crippen LogP) is 10.6. The molecule has 14 rings (SSSR count). The Bertz CT molecular complexity index is 2700. The van der Waals surface area contributed by atoms with Crippen LogP contribution in [0.2, 0.25) is 0 Å². The number of Topliss-reactive ketones (excluding diaryl/α,β-unsaturated/α-hetero) is 2. The van der Waals surface area contributed by atoms with Crippen molar-refractivity contribution in [2.75, 3.05) is 25.9 Å². The molecule has 20 atom stereocenters. The van der Waals surface area contributed by atoms with E-state index in [-0.39, 0.29) is 70.7 Å². The molecular formula is C66H93N3O7. The van der Waals surface area contributed by atoms with Crippen LogP contribution in [-0.4, -0.2) is 81.1 Å². The minimum absolute atomic E-state index is 0.0291. The molecule has 2 heterocycles. The average Bonchev–Trinajstić information content (AvgIpc) is 3.97. The number of carbonyl (C=O) groups excluding carboxylic acids is 2. The lowest BCUT2D eigenvalue weighted by Gasteiger charge is -2.77. The minimum atomic E-state index is -0.911. The van der Waals surface area contributed by atoms with Crippen LogP contribution in [0.15, 0.2) is 53.6 Å². The number of ether oxygens (including phenoxy) is 1. The van der Waals surface area contributed by atoms with Gasteiger partial charge in [-0.3, -0.25) is 9.59 Å². The number of phenols is 1. The zero-order chi connectivity index (χ0) is 53.2. The number of allylic oxidation sites excluding steroid dienone is 2. The molecule has 8 saturated carbocycles. The standard InChI is InChI=1S/C66H93N3O7/c1-59(75)23-7-8-24-60(2)57-61(3)35-64(58(60)74,43-27-39(33-68-6)28-45(71)31-43)25-26-65(57,69-37-59)36-66-42-18-17-40-16-15-38(34-70)29-47(40)48(54-50(21-22-53(61)66)62(66,4)51(20-19-42)55(54)73)32-52(72)56-63(5,76-56)49-14-10-13-46(49)41-11-9-12-44(67)30-41/h9,11-12,27-28,30-31,38,40,42,46-49,51-53,56-57,68-72,75H,7-8,10,13-26,29,32-37,67H2,1-6H3. The van der Waals surface area contributed by atoms with Gasteiger partial charge in [0.05, 0.1) is 22.7 Å². The number of benzene rings is 2. The van der Waals surface area contributed by atoms with E-state index < -0.39 is 39.1 Å². The predicted molar refractivity (Wildman–Crippen MR) is 296 cm³/mol. The van der Waals surface area contributed by atoms with Gasteiger partial charge < -0.3 is 41.5 Å². The molecule has 10 bridgehead atoms. The monoisotopic (exact) mass is 1040 g/mol. The van der Waals surface area contributed by atoms with Gasteiger partial charge in [0.25, 0.3) is 0 Å². The second kappa shape index (κ2) is 17.9. The first-order valence-corrected chi connectivity index (χ1v) is 30.8. The fourth-order valence-electron chi connectivity index (χ4n) is 23.3. The molecule has 8 N–H and O–H groups in total. The summed E-state index contributed by atoms with van der Waals surface area (Å²) in [7, 11) is 1.94. The molecule has 10 nitrogen and oxygen atoms in total. The van der Waals surface area contributed by atoms with Gasteiger partial charge in [0.15, 0.2) is 5.78 Å². The Morgan fingerprint density at radius 3 is 2.46 bits per heavy atom. The number of ketones is 2. The number of fused-ring (bicyclic) bond motifs is 2. The number of β-amino-alcohol motifs (C(OH)–C–C–N with tert-alkyl or cyclic N) is 1. The number of nitrogens with one attached hydrogen (secondary N) is 2. The Kier molecular flexibility index (Phi) is 12.3. The van der Waals surface area contributed by atoms with Crippen molar-refractivity contribution in [2.45, 2.75) is 216 Å². The highest BCUT2D eigenvalue weighted by Gasteiger charge is 2.82. The van der Waals surface area contributed by atoms with Gasteiger partial charge in [0.2, 0.25) is 0 Å². The molecule has 10 fully saturated rings. The van der Waals surface area contributed by atoms with Crippen LogP contribution in [0.25, 0.3) is 0 Å². The summed E-state index contributed by atoms with van der Waals surface area (Å²) < 4.78 is 6.85. The number of aliphatic hydroxyl groups is 3. The maximum Gasteiger partial charge on any atom is 0.163 e. The Morgan fingerprint density at radius 2 is 1.67 bits per heavy atom. The first-order valence-electron chi connectivity index (χ1n) is 30.8. The molecular weight excluding hydrogens is 947 g/mol. The summed E-state index contributed by atoms with van der Waals surface area (Å²) in [5.41, 5.74) is 8.52. The van der Waals surface area contributed by atoms with Crippen LogP contribution >= 0.6 is 0 Å². The molecule has 20 unspecified atom stereocenters. The van der Waals surface area contributed by atoms with E-state index in [0.29, 0.717) is 61.7 Å². The number of nitrogens with two attached hydrogens (primary N) is 1. The molecule has 1 spiro atoms. The molecule has 76 heavy (non-hydrogen) atoms. The quantitative estimate of drug-likeness (QED) is 0.0945. The van der Waals surface area contributed by atoms with Gasteiger partial charge in [-0.1, -0.05) is 63.8 Å². The van der Waals surface area contributed by atoms with Gasteiger partial charge >= 0.3 is 0 Å². The maximum atomic E-state index is 16.5. The van der Waals surface area contributed by atoms with Crippen molar-refractivity contribution in [3.05, 3.63) is 70.3 Å². The molecule has 2 aromatic rings. The summed E-state index contributed by atoms with van der Waals surface area (Å²) in [5, 5.41) is 55.4. The molecule has 414 valence electrons. The van der Waals surface area contributed by atoms with Crippen molar-refractivity contribution < 1.29 is 34.8 Å². The van der Waals surface area contributed by atoms with Crippen LogP contribution in [0.5, 0.6) is 5.75 Å². The molecule has 0 radical (unpaired) electrons. The van der Waals surface area contributed by atoms with Crippen LogP contribution in [0.4, 0.5) is 5.69 Å². The number of epoxide rings is 1. The van der Waals surface area contributed by atoms with Crippen molar-refractivity contribution in [1.29, 1.82) is 0 Å². The van der Waals surface area contributed by atoms with Crippen molar-refractivity contribution >= 4 is 17.3 Å². The zero-order valence-electron chi connectivity index (χ0n) is 47.0. The summed E-state index contributed by atoms with van der Waals surface area (Å²) in [4.78, 5) is 32.9. The normalized spacial score (nSPS) is 48.7. The van der Waals surface area contributed by atoms with Crippen molar-refractivity contribution in [3.8, 4) is 5.75 Å². The number of aromatic hydroxyl groups is 1.